The van der Waals surface area contributed by atoms with Crippen LogP contribution >= 0.6 is 0 Å². The van der Waals surface area contributed by atoms with Crippen LogP contribution in [0.4, 0.5) is 11.4 Å². The van der Waals surface area contributed by atoms with Gasteiger partial charge in [-0.05, 0) is 38.1 Å². The molecule has 0 heterocycles. The highest BCUT2D eigenvalue weighted by Crippen LogP contribution is 2.15. The summed E-state index contributed by atoms with van der Waals surface area (Å²) < 4.78 is 23.3. The maximum Gasteiger partial charge on any atom is 0.154 e. The third-order valence-electron chi connectivity index (χ3n) is 2.76. The predicted octanol–water partition coefficient (Wildman–Crippen LogP) is 1.53. The third kappa shape index (κ3) is 3.93. The molecule has 0 aliphatic carbocycles. The first-order valence-corrected chi connectivity index (χ1v) is 7.32. The lowest BCUT2D eigenvalue weighted by molar-refractivity contribution is 0.586. The molecule has 0 atom stereocenters. The molecule has 1 aromatic carbocycles. The van der Waals surface area contributed by atoms with Gasteiger partial charge in [0.05, 0.1) is 11.0 Å². The van der Waals surface area contributed by atoms with E-state index in [1.54, 1.807) is 13.8 Å². The van der Waals surface area contributed by atoms with Gasteiger partial charge in [-0.3, -0.25) is 0 Å². The Kier molecular flexibility index (Phi) is 4.40. The molecule has 0 aliphatic rings. The van der Waals surface area contributed by atoms with E-state index in [1.165, 1.54) is 0 Å². The predicted molar refractivity (Wildman–Crippen MR) is 73.0 cm³/mol. The molecule has 0 bridgehead atoms. The van der Waals surface area contributed by atoms with Crippen LogP contribution in [0, 0.1) is 0 Å². The van der Waals surface area contributed by atoms with Crippen molar-refractivity contribution in [2.24, 2.45) is 0 Å². The van der Waals surface area contributed by atoms with Gasteiger partial charge in [0, 0.05) is 25.0 Å². The van der Waals surface area contributed by atoms with Crippen molar-refractivity contribution in [3.63, 3.8) is 0 Å². The summed E-state index contributed by atoms with van der Waals surface area (Å²) in [5.74, 6) is 0.172. The van der Waals surface area contributed by atoms with Crippen molar-refractivity contribution in [1.82, 2.24) is 0 Å². The first kappa shape index (κ1) is 13.8. The highest BCUT2D eigenvalue weighted by atomic mass is 32.2. The van der Waals surface area contributed by atoms with Crippen molar-refractivity contribution in [2.45, 2.75) is 19.1 Å². The Hall–Kier alpha value is -1.23. The number of anilines is 2. The largest absolute Gasteiger partial charge is 0.399 e. The summed E-state index contributed by atoms with van der Waals surface area (Å²) in [6, 6.07) is 7.39. The molecule has 2 N–H and O–H groups in total. The Bertz CT molecular complexity index is 452. The molecular formula is C12H20N2O2S. The van der Waals surface area contributed by atoms with Crippen molar-refractivity contribution < 1.29 is 8.42 Å². The average Bonchev–Trinajstić information content (AvgIpc) is 2.27. The molecule has 0 fully saturated rings. The van der Waals surface area contributed by atoms with Crippen LogP contribution in [0.25, 0.3) is 0 Å². The number of rotatable bonds is 5. The summed E-state index contributed by atoms with van der Waals surface area (Å²) in [5.41, 5.74) is 7.27. The second kappa shape index (κ2) is 5.40. The number of nitrogens with zero attached hydrogens (tertiary/aromatic N) is 1. The van der Waals surface area contributed by atoms with E-state index in [4.69, 9.17) is 5.73 Å². The molecule has 1 aromatic rings. The minimum absolute atomic E-state index is 0.172. The van der Waals surface area contributed by atoms with Crippen LogP contribution in [-0.2, 0) is 9.84 Å². The first-order chi connectivity index (χ1) is 7.83. The van der Waals surface area contributed by atoms with Gasteiger partial charge >= 0.3 is 0 Å². The molecule has 0 aliphatic heterocycles. The van der Waals surface area contributed by atoms with E-state index in [9.17, 15) is 8.42 Å². The fraction of sp³-hybridized carbons (Fsp3) is 0.500. The molecule has 0 amide bonds. The van der Waals surface area contributed by atoms with Gasteiger partial charge in [-0.15, -0.1) is 0 Å². The fourth-order valence-corrected chi connectivity index (χ4v) is 2.36. The Morgan fingerprint density at radius 3 is 2.24 bits per heavy atom. The molecule has 0 unspecified atom stereocenters. The highest BCUT2D eigenvalue weighted by molar-refractivity contribution is 7.92. The van der Waals surface area contributed by atoms with Gasteiger partial charge in [0.25, 0.3) is 0 Å². The zero-order valence-electron chi connectivity index (χ0n) is 10.6. The lowest BCUT2D eigenvalue weighted by Gasteiger charge is -2.20. The van der Waals surface area contributed by atoms with Crippen LogP contribution in [0.1, 0.15) is 13.8 Å². The molecule has 0 spiro atoms. The lowest BCUT2D eigenvalue weighted by Crippen LogP contribution is -2.28. The maximum absolute atomic E-state index is 11.7. The van der Waals surface area contributed by atoms with Gasteiger partial charge in [0.1, 0.15) is 0 Å². The van der Waals surface area contributed by atoms with Gasteiger partial charge in [0.15, 0.2) is 9.84 Å². The monoisotopic (exact) mass is 256 g/mol. The number of nitrogens with two attached hydrogens (primary N) is 1. The summed E-state index contributed by atoms with van der Waals surface area (Å²) in [7, 11) is -1.10. The van der Waals surface area contributed by atoms with Crippen molar-refractivity contribution in [3.8, 4) is 0 Å². The fourth-order valence-electron chi connectivity index (χ4n) is 1.36. The topological polar surface area (TPSA) is 63.4 Å². The molecule has 0 saturated carbocycles. The van der Waals surface area contributed by atoms with Gasteiger partial charge in [-0.1, -0.05) is 0 Å². The van der Waals surface area contributed by atoms with Crippen LogP contribution < -0.4 is 10.6 Å². The number of hydrogen-bond acceptors (Lipinski definition) is 4. The molecule has 4 nitrogen and oxygen atoms in total. The number of benzene rings is 1. The zero-order chi connectivity index (χ0) is 13.1. The van der Waals surface area contributed by atoms with E-state index in [1.807, 2.05) is 36.2 Å². The standard InChI is InChI=1S/C12H20N2O2S/c1-10(2)17(15,16)9-8-14(3)12-6-4-11(13)5-7-12/h4-7,10H,8-9,13H2,1-3H3. The minimum atomic E-state index is -2.98. The van der Waals surface area contributed by atoms with Gasteiger partial charge < -0.3 is 10.6 Å². The summed E-state index contributed by atoms with van der Waals surface area (Å²) in [6.45, 7) is 3.90. The van der Waals surface area contributed by atoms with Crippen molar-refractivity contribution >= 4 is 21.2 Å². The first-order valence-electron chi connectivity index (χ1n) is 5.61. The van der Waals surface area contributed by atoms with Crippen LogP contribution in [-0.4, -0.2) is 33.0 Å². The molecule has 1 rings (SSSR count). The molecule has 5 heteroatoms. The van der Waals surface area contributed by atoms with Crippen LogP contribution in [0.2, 0.25) is 0 Å². The summed E-state index contributed by atoms with van der Waals surface area (Å²) >= 11 is 0. The Balaban J connectivity index is 2.62. The highest BCUT2D eigenvalue weighted by Gasteiger charge is 2.16. The second-order valence-electron chi connectivity index (χ2n) is 4.43. The Morgan fingerprint density at radius 1 is 1.24 bits per heavy atom. The van der Waals surface area contributed by atoms with Gasteiger partial charge in [-0.2, -0.15) is 0 Å². The minimum Gasteiger partial charge on any atom is -0.399 e. The SMILES string of the molecule is CC(C)S(=O)(=O)CCN(C)c1ccc(N)cc1. The molecule has 0 saturated heterocycles. The van der Waals surface area contributed by atoms with Crippen molar-refractivity contribution in [2.75, 3.05) is 30.0 Å². The molecule has 17 heavy (non-hydrogen) atoms. The van der Waals surface area contributed by atoms with Gasteiger partial charge in [0.2, 0.25) is 0 Å². The summed E-state index contributed by atoms with van der Waals surface area (Å²) in [6.07, 6.45) is 0. The third-order valence-corrected chi connectivity index (χ3v) is 4.95. The van der Waals surface area contributed by atoms with Gasteiger partial charge in [-0.25, -0.2) is 8.42 Å². The van der Waals surface area contributed by atoms with E-state index in [2.05, 4.69) is 0 Å². The number of hydrogen-bond donors (Lipinski definition) is 1. The van der Waals surface area contributed by atoms with E-state index in [0.717, 1.165) is 5.69 Å². The second-order valence-corrected chi connectivity index (χ2v) is 7.11. The van der Waals surface area contributed by atoms with Crippen LogP contribution in [0.3, 0.4) is 0 Å². The Morgan fingerprint density at radius 2 is 1.76 bits per heavy atom. The summed E-state index contributed by atoms with van der Waals surface area (Å²) in [4.78, 5) is 1.92. The van der Waals surface area contributed by atoms with Crippen molar-refractivity contribution in [1.29, 1.82) is 0 Å². The normalized spacial score (nSPS) is 11.8. The number of nitrogen functional groups attached to an aromatic ring is 1. The van der Waals surface area contributed by atoms with E-state index in [-0.39, 0.29) is 11.0 Å². The lowest BCUT2D eigenvalue weighted by atomic mass is 10.2. The average molecular weight is 256 g/mol. The number of sulfone groups is 1. The van der Waals surface area contributed by atoms with E-state index < -0.39 is 9.84 Å². The molecule has 0 aromatic heterocycles. The smallest absolute Gasteiger partial charge is 0.154 e. The quantitative estimate of drug-likeness (QED) is 0.811. The zero-order valence-corrected chi connectivity index (χ0v) is 11.4. The molecular weight excluding hydrogens is 236 g/mol. The van der Waals surface area contributed by atoms with Crippen LogP contribution in [0.5, 0.6) is 0 Å². The molecule has 0 radical (unpaired) electrons. The van der Waals surface area contributed by atoms with E-state index in [0.29, 0.717) is 12.2 Å². The van der Waals surface area contributed by atoms with Crippen molar-refractivity contribution in [3.05, 3.63) is 24.3 Å². The van der Waals surface area contributed by atoms with Crippen LogP contribution in [0.15, 0.2) is 24.3 Å². The molecule has 96 valence electrons. The summed E-state index contributed by atoms with van der Waals surface area (Å²) in [5, 5.41) is -0.317. The Labute approximate surface area is 103 Å². The maximum atomic E-state index is 11.7. The van der Waals surface area contributed by atoms with E-state index >= 15 is 0 Å².